The smallest absolute Gasteiger partial charge is 0.371 e. The van der Waals surface area contributed by atoms with Gasteiger partial charge in [-0.1, -0.05) is 26.0 Å². The van der Waals surface area contributed by atoms with Crippen molar-refractivity contribution in [3.05, 3.63) is 41.0 Å². The molecule has 1 aromatic carbocycles. The van der Waals surface area contributed by atoms with E-state index in [0.717, 1.165) is 56.2 Å². The van der Waals surface area contributed by atoms with Crippen molar-refractivity contribution < 1.29 is 17.4 Å². The highest BCUT2D eigenvalue weighted by Crippen LogP contribution is 2.61. The van der Waals surface area contributed by atoms with Crippen LogP contribution in [0, 0.1) is 17.3 Å². The molecule has 2 N–H and O–H groups in total. The number of carbonyl (C=O) groups excluding carboxylic acids is 1. The fourth-order valence-corrected chi connectivity index (χ4v) is 6.66. The molecule has 4 atom stereocenters. The summed E-state index contributed by atoms with van der Waals surface area (Å²) in [5, 5.41) is 5.01. The Balaban J connectivity index is 1.56. The van der Waals surface area contributed by atoms with Gasteiger partial charge in [0.25, 0.3) is 0 Å². The Hall–Kier alpha value is -1.86. The first-order valence-electron chi connectivity index (χ1n) is 10.9. The van der Waals surface area contributed by atoms with Crippen molar-refractivity contribution in [3.8, 4) is 5.75 Å². The highest BCUT2D eigenvalue weighted by atomic mass is 32.2. The molecule has 7 heteroatoms. The summed E-state index contributed by atoms with van der Waals surface area (Å²) in [7, 11) is -2.11. The molecular weight excluding hydrogens is 400 g/mol. The molecule has 0 aromatic heterocycles. The van der Waals surface area contributed by atoms with Gasteiger partial charge in [-0.05, 0) is 79.5 Å². The zero-order valence-electron chi connectivity index (χ0n) is 18.1. The number of nitrogens with two attached hydrogens (primary N) is 1. The number of hydrogen-bond acceptors (Lipinski definition) is 4. The Kier molecular flexibility index (Phi) is 5.47. The molecule has 6 nitrogen and oxygen atoms in total. The van der Waals surface area contributed by atoms with Crippen LogP contribution in [-0.4, -0.2) is 32.8 Å². The third-order valence-corrected chi connectivity index (χ3v) is 8.05. The molecule has 1 aromatic rings. The number of amides is 1. The normalized spacial score (nSPS) is 30.0. The average Bonchev–Trinajstić information content (AvgIpc) is 3.03. The summed E-state index contributed by atoms with van der Waals surface area (Å²) in [4.78, 5) is 15.0. The van der Waals surface area contributed by atoms with Gasteiger partial charge in [-0.25, -0.2) is 0 Å². The second-order valence-electron chi connectivity index (χ2n) is 9.39. The van der Waals surface area contributed by atoms with Crippen LogP contribution < -0.4 is 9.32 Å². The van der Waals surface area contributed by atoms with Gasteiger partial charge in [0.05, 0.1) is 0 Å². The van der Waals surface area contributed by atoms with Crippen molar-refractivity contribution in [1.82, 2.24) is 4.90 Å². The minimum absolute atomic E-state index is 0.0472. The molecule has 1 saturated carbocycles. The van der Waals surface area contributed by atoms with Gasteiger partial charge in [-0.3, -0.25) is 4.79 Å². The van der Waals surface area contributed by atoms with Gasteiger partial charge in [-0.2, -0.15) is 13.6 Å². The van der Waals surface area contributed by atoms with Crippen LogP contribution in [0.3, 0.4) is 0 Å². The molecule has 1 amide bonds. The lowest BCUT2D eigenvalue weighted by Gasteiger charge is -2.50. The first-order valence-corrected chi connectivity index (χ1v) is 12.4. The lowest BCUT2D eigenvalue weighted by atomic mass is 9.54. The monoisotopic (exact) mass is 432 g/mol. The Morgan fingerprint density at radius 1 is 1.33 bits per heavy atom. The Morgan fingerprint density at radius 2 is 2.10 bits per heavy atom. The second-order valence-corrected chi connectivity index (χ2v) is 10.5. The molecule has 3 aliphatic carbocycles. The number of nitrogens with zero attached hydrogens (tertiary/aromatic N) is 1. The predicted octanol–water partition coefficient (Wildman–Crippen LogP) is 3.53. The Bertz CT molecular complexity index is 987. The van der Waals surface area contributed by atoms with E-state index in [-0.39, 0.29) is 17.1 Å². The predicted molar refractivity (Wildman–Crippen MR) is 116 cm³/mol. The molecule has 4 rings (SSSR count). The highest BCUT2D eigenvalue weighted by molar-refractivity contribution is 7.84. The van der Waals surface area contributed by atoms with E-state index in [1.807, 2.05) is 24.1 Å². The summed E-state index contributed by atoms with van der Waals surface area (Å²) in [6, 6.07) is 5.55. The van der Waals surface area contributed by atoms with E-state index in [2.05, 4.69) is 19.9 Å². The topological polar surface area (TPSA) is 89.7 Å². The fourth-order valence-electron chi connectivity index (χ4n) is 6.29. The first kappa shape index (κ1) is 21.4. The van der Waals surface area contributed by atoms with Crippen molar-refractivity contribution in [2.24, 2.45) is 22.4 Å². The van der Waals surface area contributed by atoms with Crippen molar-refractivity contribution in [2.75, 3.05) is 13.6 Å². The Labute approximate surface area is 179 Å². The lowest BCUT2D eigenvalue weighted by molar-refractivity contribution is -0.127. The van der Waals surface area contributed by atoms with Crippen molar-refractivity contribution in [2.45, 2.75) is 58.3 Å². The van der Waals surface area contributed by atoms with Crippen molar-refractivity contribution >= 4 is 16.2 Å². The maximum atomic E-state index is 13.1. The first-order chi connectivity index (χ1) is 14.1. The fraction of sp³-hybridized carbons (Fsp3) is 0.609. The summed E-state index contributed by atoms with van der Waals surface area (Å²) in [5.74, 6) is 1.95. The molecule has 0 radical (unpaired) electrons. The molecule has 0 bridgehead atoms. The largest absolute Gasteiger partial charge is 0.380 e. The van der Waals surface area contributed by atoms with Gasteiger partial charge in [0.15, 0.2) is 0 Å². The molecule has 0 heterocycles. The highest BCUT2D eigenvalue weighted by Gasteiger charge is 2.53. The van der Waals surface area contributed by atoms with Crippen LogP contribution in [0.4, 0.5) is 0 Å². The molecular formula is C23H32N2O4S. The number of benzene rings is 1. The number of hydrogen-bond donors (Lipinski definition) is 1. The van der Waals surface area contributed by atoms with E-state index in [0.29, 0.717) is 17.8 Å². The zero-order valence-corrected chi connectivity index (χ0v) is 18.9. The van der Waals surface area contributed by atoms with Crippen LogP contribution in [0.2, 0.25) is 0 Å². The molecule has 0 unspecified atom stereocenters. The number of allylic oxidation sites excluding steroid dienone is 1. The molecule has 0 spiro atoms. The minimum atomic E-state index is -4.02. The van der Waals surface area contributed by atoms with Gasteiger partial charge in [0.2, 0.25) is 5.91 Å². The molecule has 0 aliphatic heterocycles. The number of aryl methyl sites for hydroxylation is 1. The van der Waals surface area contributed by atoms with Crippen LogP contribution in [0.1, 0.15) is 63.0 Å². The van der Waals surface area contributed by atoms with E-state index < -0.39 is 10.3 Å². The summed E-state index contributed by atoms with van der Waals surface area (Å²) in [6.45, 7) is 5.18. The van der Waals surface area contributed by atoms with E-state index in [9.17, 15) is 13.2 Å². The SMILES string of the molecule is CCCN(C)C(=O)C1=CC[C@H]2[C@@H]3CCc4cc(OS(N)(=O)=O)ccc4[C@H]3CC[C@]12C. The average molecular weight is 433 g/mol. The van der Waals surface area contributed by atoms with Crippen molar-refractivity contribution in [1.29, 1.82) is 0 Å². The maximum Gasteiger partial charge on any atom is 0.380 e. The standard InChI is InChI=1S/C23H32N2O4S/c1-4-13-25(3)22(26)21-10-9-20-19-7-5-15-14-16(29-30(24,27)28)6-8-17(15)18(19)11-12-23(20,21)2/h6,8,10,14,18-20H,4-5,7,9,11-13H2,1-3H3,(H2,24,27,28)/t18-,19-,20+,23+/m1/s1. The van der Waals surface area contributed by atoms with Crippen LogP contribution in [-0.2, 0) is 21.5 Å². The maximum absolute atomic E-state index is 13.1. The molecule has 1 fully saturated rings. The molecule has 0 saturated heterocycles. The third-order valence-electron chi connectivity index (χ3n) is 7.63. The third kappa shape index (κ3) is 3.66. The minimum Gasteiger partial charge on any atom is -0.371 e. The Morgan fingerprint density at radius 3 is 2.80 bits per heavy atom. The van der Waals surface area contributed by atoms with Gasteiger partial charge < -0.3 is 9.08 Å². The number of rotatable bonds is 5. The van der Waals surface area contributed by atoms with Gasteiger partial charge in [0, 0.05) is 24.6 Å². The van der Waals surface area contributed by atoms with Crippen LogP contribution in [0.25, 0.3) is 0 Å². The second kappa shape index (κ2) is 7.68. The van der Waals surface area contributed by atoms with Crippen LogP contribution >= 0.6 is 0 Å². The quantitative estimate of drug-likeness (QED) is 0.771. The van der Waals surface area contributed by atoms with E-state index in [4.69, 9.17) is 9.32 Å². The van der Waals surface area contributed by atoms with E-state index in [1.54, 1.807) is 6.07 Å². The summed E-state index contributed by atoms with van der Waals surface area (Å²) in [5.41, 5.74) is 3.43. The summed E-state index contributed by atoms with van der Waals surface area (Å²) < 4.78 is 27.4. The van der Waals surface area contributed by atoms with E-state index in [1.165, 1.54) is 5.56 Å². The lowest BCUT2D eigenvalue weighted by Crippen LogP contribution is -2.44. The number of fused-ring (bicyclic) bond motifs is 5. The van der Waals surface area contributed by atoms with Gasteiger partial charge in [-0.15, -0.1) is 0 Å². The number of carbonyl (C=O) groups is 1. The summed E-state index contributed by atoms with van der Waals surface area (Å²) >= 11 is 0. The zero-order chi connectivity index (χ0) is 21.7. The summed E-state index contributed by atoms with van der Waals surface area (Å²) in [6.07, 6.45) is 8.14. The van der Waals surface area contributed by atoms with Crippen LogP contribution in [0.15, 0.2) is 29.8 Å². The number of likely N-dealkylation sites (N-methyl/N-ethyl adjacent to an activating group) is 1. The molecule has 30 heavy (non-hydrogen) atoms. The molecule has 3 aliphatic rings. The van der Waals surface area contributed by atoms with Crippen LogP contribution in [0.5, 0.6) is 5.75 Å². The van der Waals surface area contributed by atoms with Gasteiger partial charge in [0.1, 0.15) is 5.75 Å². The van der Waals surface area contributed by atoms with Gasteiger partial charge >= 0.3 is 10.3 Å². The molecule has 164 valence electrons. The van der Waals surface area contributed by atoms with E-state index >= 15 is 0 Å². The van der Waals surface area contributed by atoms with Crippen molar-refractivity contribution in [3.63, 3.8) is 0 Å².